The third kappa shape index (κ3) is 3.89. The molecule has 1 saturated heterocycles. The number of nitrogens with one attached hydrogen (secondary N) is 1. The normalized spacial score (nSPS) is 24.1. The fourth-order valence-corrected chi connectivity index (χ4v) is 3.61. The van der Waals surface area contributed by atoms with Crippen molar-refractivity contribution in [2.75, 3.05) is 13.2 Å². The van der Waals surface area contributed by atoms with Gasteiger partial charge in [0.25, 0.3) is 0 Å². The van der Waals surface area contributed by atoms with Crippen LogP contribution in [0.3, 0.4) is 0 Å². The van der Waals surface area contributed by atoms with E-state index in [1.807, 2.05) is 17.0 Å². The maximum absolute atomic E-state index is 12.8. The number of hydrogen-bond acceptors (Lipinski definition) is 3. The first-order valence-electron chi connectivity index (χ1n) is 8.99. The summed E-state index contributed by atoms with van der Waals surface area (Å²) in [5, 5.41) is 3.32. The molecule has 4 rings (SSSR count). The van der Waals surface area contributed by atoms with E-state index >= 15 is 0 Å². The number of hydrogen-bond donors (Lipinski definition) is 1. The Labute approximate surface area is 137 Å². The fraction of sp³-hybridized carbons (Fsp3) is 0.722. The van der Waals surface area contributed by atoms with Gasteiger partial charge in [-0.15, -0.1) is 0 Å². The number of rotatable bonds is 7. The van der Waals surface area contributed by atoms with Gasteiger partial charge in [-0.05, 0) is 62.5 Å². The Morgan fingerprint density at radius 1 is 1.26 bits per heavy atom. The summed E-state index contributed by atoms with van der Waals surface area (Å²) in [6, 6.07) is 4.22. The zero-order valence-corrected chi connectivity index (χ0v) is 13.6. The van der Waals surface area contributed by atoms with Gasteiger partial charge in [0.05, 0.1) is 18.9 Å². The summed E-state index contributed by atoms with van der Waals surface area (Å²) < 4.78 is 11.2. The molecule has 0 spiro atoms. The van der Waals surface area contributed by atoms with Crippen LogP contribution >= 0.6 is 0 Å². The molecular formula is C18H26N2O3. The molecule has 3 fully saturated rings. The highest BCUT2D eigenvalue weighted by Crippen LogP contribution is 2.44. The second kappa shape index (κ2) is 6.56. The molecule has 0 bridgehead atoms. The Morgan fingerprint density at radius 3 is 2.61 bits per heavy atom. The minimum Gasteiger partial charge on any atom is -0.467 e. The maximum atomic E-state index is 12.8. The second-order valence-electron chi connectivity index (χ2n) is 7.25. The smallest absolute Gasteiger partial charge is 0.318 e. The van der Waals surface area contributed by atoms with Gasteiger partial charge in [0, 0.05) is 19.2 Å². The summed E-state index contributed by atoms with van der Waals surface area (Å²) in [5.41, 5.74) is 0. The van der Waals surface area contributed by atoms with E-state index in [1.54, 1.807) is 6.26 Å². The summed E-state index contributed by atoms with van der Waals surface area (Å²) in [6.45, 7) is 1.98. The van der Waals surface area contributed by atoms with Gasteiger partial charge in [-0.1, -0.05) is 0 Å². The molecule has 3 aliphatic rings. The van der Waals surface area contributed by atoms with E-state index in [9.17, 15) is 4.79 Å². The van der Waals surface area contributed by atoms with Crippen LogP contribution in [0.5, 0.6) is 0 Å². The quantitative estimate of drug-likeness (QED) is 0.840. The van der Waals surface area contributed by atoms with Crippen molar-refractivity contribution in [3.63, 3.8) is 0 Å². The fourth-order valence-electron chi connectivity index (χ4n) is 3.61. The van der Waals surface area contributed by atoms with E-state index in [0.29, 0.717) is 31.0 Å². The largest absolute Gasteiger partial charge is 0.467 e. The molecule has 23 heavy (non-hydrogen) atoms. The van der Waals surface area contributed by atoms with Gasteiger partial charge in [-0.25, -0.2) is 4.79 Å². The summed E-state index contributed by atoms with van der Waals surface area (Å²) in [6.07, 6.45) is 9.03. The molecule has 2 aliphatic carbocycles. The predicted molar refractivity (Wildman–Crippen MR) is 85.9 cm³/mol. The second-order valence-corrected chi connectivity index (χ2v) is 7.25. The van der Waals surface area contributed by atoms with Gasteiger partial charge in [0.15, 0.2) is 0 Å². The first-order valence-corrected chi connectivity index (χ1v) is 8.99. The first kappa shape index (κ1) is 15.1. The molecule has 2 heterocycles. The van der Waals surface area contributed by atoms with Crippen molar-refractivity contribution in [1.82, 2.24) is 10.2 Å². The highest BCUT2D eigenvalue weighted by Gasteiger charge is 2.42. The number of furan rings is 1. The third-order valence-electron chi connectivity index (χ3n) is 5.21. The van der Waals surface area contributed by atoms with E-state index in [4.69, 9.17) is 9.15 Å². The van der Waals surface area contributed by atoms with Crippen molar-refractivity contribution >= 4 is 6.03 Å². The highest BCUT2D eigenvalue weighted by atomic mass is 16.5. The molecule has 1 aromatic rings. The third-order valence-corrected chi connectivity index (χ3v) is 5.21. The van der Waals surface area contributed by atoms with Gasteiger partial charge in [-0.3, -0.25) is 0 Å². The molecule has 2 saturated carbocycles. The van der Waals surface area contributed by atoms with E-state index in [2.05, 4.69) is 5.32 Å². The first-order chi connectivity index (χ1) is 11.3. The van der Waals surface area contributed by atoms with Crippen molar-refractivity contribution in [2.45, 2.75) is 57.2 Å². The van der Waals surface area contributed by atoms with Crippen molar-refractivity contribution in [3.8, 4) is 0 Å². The topological polar surface area (TPSA) is 54.7 Å². The Hall–Kier alpha value is -1.49. The molecule has 2 amide bonds. The van der Waals surface area contributed by atoms with Crippen molar-refractivity contribution in [1.29, 1.82) is 0 Å². The Bertz CT molecular complexity index is 504. The lowest BCUT2D eigenvalue weighted by atomic mass is 10.1. The van der Waals surface area contributed by atoms with Crippen LogP contribution in [0.15, 0.2) is 22.8 Å². The van der Waals surface area contributed by atoms with Crippen molar-refractivity contribution in [3.05, 3.63) is 24.2 Å². The van der Waals surface area contributed by atoms with Crippen molar-refractivity contribution < 1.29 is 13.9 Å². The Kier molecular flexibility index (Phi) is 4.29. The molecule has 1 atom stereocenters. The molecular weight excluding hydrogens is 292 g/mol. The molecule has 5 nitrogen and oxygen atoms in total. The molecule has 0 radical (unpaired) electrons. The molecule has 0 unspecified atom stereocenters. The van der Waals surface area contributed by atoms with Gasteiger partial charge in [-0.2, -0.15) is 0 Å². The number of amides is 2. The number of carbonyl (C=O) groups is 1. The van der Waals surface area contributed by atoms with Crippen LogP contribution in [0.4, 0.5) is 4.79 Å². The number of nitrogens with zero attached hydrogens (tertiary/aromatic N) is 1. The predicted octanol–water partition coefficient (Wildman–Crippen LogP) is 3.16. The van der Waals surface area contributed by atoms with Crippen LogP contribution in [0, 0.1) is 11.8 Å². The standard InChI is InChI=1S/C18H26N2O3/c21-18(19-17(13-5-6-13)14-7-8-14)20(11-15-3-1-9-22-15)12-16-4-2-10-23-16/h1,3,9,13-14,16-17H,2,4-8,10-12H2,(H,19,21)/t16-/m1/s1. The average Bonchev–Trinajstić information content (AvgIpc) is 3.47. The Balaban J connectivity index is 1.40. The van der Waals surface area contributed by atoms with Crippen LogP contribution in [0.1, 0.15) is 44.3 Å². The number of ether oxygens (including phenoxy) is 1. The lowest BCUT2D eigenvalue weighted by Gasteiger charge is -2.28. The summed E-state index contributed by atoms with van der Waals surface area (Å²) in [4.78, 5) is 14.7. The van der Waals surface area contributed by atoms with Gasteiger partial charge < -0.3 is 19.4 Å². The van der Waals surface area contributed by atoms with Gasteiger partial charge in [0.1, 0.15) is 5.76 Å². The monoisotopic (exact) mass is 318 g/mol. The highest BCUT2D eigenvalue weighted by molar-refractivity contribution is 5.74. The van der Waals surface area contributed by atoms with Crippen LogP contribution in [0.2, 0.25) is 0 Å². The van der Waals surface area contributed by atoms with E-state index in [0.717, 1.165) is 25.2 Å². The molecule has 126 valence electrons. The minimum atomic E-state index is 0.0423. The molecule has 1 aliphatic heterocycles. The lowest BCUT2D eigenvalue weighted by molar-refractivity contribution is 0.0767. The SMILES string of the molecule is O=C(NC(C1CC1)C1CC1)N(Cc1ccco1)C[C@H]1CCCO1. The van der Waals surface area contributed by atoms with Crippen LogP contribution in [-0.4, -0.2) is 36.2 Å². The molecule has 5 heteroatoms. The van der Waals surface area contributed by atoms with Crippen LogP contribution in [0.25, 0.3) is 0 Å². The Morgan fingerprint density at radius 2 is 2.04 bits per heavy atom. The molecule has 0 aromatic carbocycles. The molecule has 1 N–H and O–H groups in total. The van der Waals surface area contributed by atoms with Crippen LogP contribution in [-0.2, 0) is 11.3 Å². The zero-order chi connectivity index (χ0) is 15.6. The van der Waals surface area contributed by atoms with E-state index in [-0.39, 0.29) is 12.1 Å². The van der Waals surface area contributed by atoms with E-state index < -0.39 is 0 Å². The molecule has 1 aromatic heterocycles. The summed E-state index contributed by atoms with van der Waals surface area (Å²) >= 11 is 0. The summed E-state index contributed by atoms with van der Waals surface area (Å²) in [7, 11) is 0. The van der Waals surface area contributed by atoms with E-state index in [1.165, 1.54) is 25.7 Å². The van der Waals surface area contributed by atoms with Gasteiger partial charge in [0.2, 0.25) is 0 Å². The zero-order valence-electron chi connectivity index (χ0n) is 13.6. The number of carbonyl (C=O) groups excluding carboxylic acids is 1. The van der Waals surface area contributed by atoms with Crippen LogP contribution < -0.4 is 5.32 Å². The summed E-state index contributed by atoms with van der Waals surface area (Å²) in [5.74, 6) is 2.24. The minimum absolute atomic E-state index is 0.0423. The lowest BCUT2D eigenvalue weighted by Crippen LogP contribution is -2.48. The number of urea groups is 1. The van der Waals surface area contributed by atoms with Crippen molar-refractivity contribution in [2.24, 2.45) is 11.8 Å². The van der Waals surface area contributed by atoms with Gasteiger partial charge >= 0.3 is 6.03 Å². The average molecular weight is 318 g/mol. The maximum Gasteiger partial charge on any atom is 0.318 e.